The van der Waals surface area contributed by atoms with Gasteiger partial charge < -0.3 is 10.6 Å². The van der Waals surface area contributed by atoms with Gasteiger partial charge in [0, 0.05) is 22.7 Å². The summed E-state index contributed by atoms with van der Waals surface area (Å²) < 4.78 is 0. The highest BCUT2D eigenvalue weighted by atomic mass is 35.5. The predicted molar refractivity (Wildman–Crippen MR) is 83.6 cm³/mol. The first-order valence-corrected chi connectivity index (χ1v) is 7.46. The van der Waals surface area contributed by atoms with Crippen LogP contribution in [0.25, 0.3) is 11.3 Å². The summed E-state index contributed by atoms with van der Waals surface area (Å²) in [6, 6.07) is 7.85. The van der Waals surface area contributed by atoms with Gasteiger partial charge in [-0.15, -0.1) is 0 Å². The molecule has 0 bridgehead atoms. The van der Waals surface area contributed by atoms with Gasteiger partial charge in [0.25, 0.3) is 0 Å². The zero-order valence-corrected chi connectivity index (χ0v) is 12.4. The third-order valence-corrected chi connectivity index (χ3v) is 4.05. The number of halogens is 2. The molecule has 0 spiro atoms. The van der Waals surface area contributed by atoms with Gasteiger partial charge in [0.05, 0.1) is 10.7 Å². The van der Waals surface area contributed by atoms with Crippen molar-refractivity contribution in [3.05, 3.63) is 34.3 Å². The van der Waals surface area contributed by atoms with E-state index in [0.717, 1.165) is 43.0 Å². The van der Waals surface area contributed by atoms with Gasteiger partial charge in [0.2, 0.25) is 0 Å². The molecular formula is C14H16Cl2N4. The Bertz CT molecular complexity index is 591. The fourth-order valence-corrected chi connectivity index (χ4v) is 2.80. The van der Waals surface area contributed by atoms with Crippen LogP contribution in [0.2, 0.25) is 10.0 Å². The molecular weight excluding hydrogens is 295 g/mol. The van der Waals surface area contributed by atoms with Gasteiger partial charge in [0.1, 0.15) is 5.82 Å². The van der Waals surface area contributed by atoms with Crippen LogP contribution in [0.5, 0.6) is 0 Å². The summed E-state index contributed by atoms with van der Waals surface area (Å²) in [6.07, 6.45) is 2.22. The van der Waals surface area contributed by atoms with Crippen molar-refractivity contribution in [2.24, 2.45) is 0 Å². The number of aromatic nitrogens is 2. The summed E-state index contributed by atoms with van der Waals surface area (Å²) in [5.41, 5.74) is 1.74. The summed E-state index contributed by atoms with van der Waals surface area (Å²) in [6.45, 7) is 2.10. The standard InChI is InChI=1S/C14H16Cl2N4/c15-9-1-2-12(16)11(7-9)13-8-14(20-19-13)18-10-3-5-17-6-4-10/h1-2,7-8,10,17H,3-6H2,(H2,18,19,20). The molecule has 1 aliphatic rings. The quantitative estimate of drug-likeness (QED) is 0.812. The fraction of sp³-hybridized carbons (Fsp3) is 0.357. The molecule has 20 heavy (non-hydrogen) atoms. The van der Waals surface area contributed by atoms with Crippen LogP contribution in [0.4, 0.5) is 5.82 Å². The Balaban J connectivity index is 1.77. The van der Waals surface area contributed by atoms with E-state index in [1.165, 1.54) is 0 Å². The molecule has 106 valence electrons. The molecule has 1 saturated heterocycles. The molecule has 0 atom stereocenters. The minimum atomic E-state index is 0.474. The van der Waals surface area contributed by atoms with Crippen LogP contribution in [0, 0.1) is 0 Å². The molecule has 3 rings (SSSR count). The molecule has 0 radical (unpaired) electrons. The van der Waals surface area contributed by atoms with Crippen molar-refractivity contribution in [1.82, 2.24) is 15.5 Å². The van der Waals surface area contributed by atoms with Gasteiger partial charge >= 0.3 is 0 Å². The summed E-state index contributed by atoms with van der Waals surface area (Å²) in [7, 11) is 0. The molecule has 0 aliphatic carbocycles. The molecule has 0 amide bonds. The zero-order chi connectivity index (χ0) is 13.9. The van der Waals surface area contributed by atoms with Crippen molar-refractivity contribution in [3.8, 4) is 11.3 Å². The van der Waals surface area contributed by atoms with Crippen LogP contribution in [0.1, 0.15) is 12.8 Å². The number of aromatic amines is 1. The molecule has 1 aromatic heterocycles. The maximum Gasteiger partial charge on any atom is 0.148 e. The lowest BCUT2D eigenvalue weighted by molar-refractivity contribution is 0.478. The van der Waals surface area contributed by atoms with E-state index in [0.29, 0.717) is 16.1 Å². The van der Waals surface area contributed by atoms with E-state index in [4.69, 9.17) is 23.2 Å². The smallest absolute Gasteiger partial charge is 0.148 e. The average Bonchev–Trinajstić information content (AvgIpc) is 2.91. The minimum Gasteiger partial charge on any atom is -0.366 e. The number of nitrogens with zero attached hydrogens (tertiary/aromatic N) is 1. The van der Waals surface area contributed by atoms with Crippen LogP contribution in [0.15, 0.2) is 24.3 Å². The average molecular weight is 311 g/mol. The molecule has 0 saturated carbocycles. The Morgan fingerprint density at radius 1 is 1.15 bits per heavy atom. The first-order valence-electron chi connectivity index (χ1n) is 6.70. The van der Waals surface area contributed by atoms with Gasteiger partial charge in [-0.05, 0) is 44.1 Å². The van der Waals surface area contributed by atoms with E-state index in [9.17, 15) is 0 Å². The second-order valence-electron chi connectivity index (χ2n) is 4.96. The van der Waals surface area contributed by atoms with Crippen LogP contribution in [-0.2, 0) is 0 Å². The molecule has 0 unspecified atom stereocenters. The lowest BCUT2D eigenvalue weighted by atomic mass is 10.1. The molecule has 1 fully saturated rings. The molecule has 1 aliphatic heterocycles. The van der Waals surface area contributed by atoms with E-state index >= 15 is 0 Å². The molecule has 4 nitrogen and oxygen atoms in total. The number of benzene rings is 1. The summed E-state index contributed by atoms with van der Waals surface area (Å²) >= 11 is 12.2. The maximum absolute atomic E-state index is 6.20. The number of anilines is 1. The van der Waals surface area contributed by atoms with Crippen molar-refractivity contribution < 1.29 is 0 Å². The van der Waals surface area contributed by atoms with E-state index < -0.39 is 0 Å². The van der Waals surface area contributed by atoms with Crippen LogP contribution >= 0.6 is 23.2 Å². The first-order chi connectivity index (χ1) is 9.72. The molecule has 2 heterocycles. The molecule has 3 N–H and O–H groups in total. The van der Waals surface area contributed by atoms with Crippen molar-refractivity contribution in [2.45, 2.75) is 18.9 Å². The van der Waals surface area contributed by atoms with Crippen LogP contribution < -0.4 is 10.6 Å². The van der Waals surface area contributed by atoms with E-state index in [1.807, 2.05) is 12.1 Å². The highest BCUT2D eigenvalue weighted by molar-refractivity contribution is 6.35. The largest absolute Gasteiger partial charge is 0.366 e. The van der Waals surface area contributed by atoms with Gasteiger partial charge in [-0.3, -0.25) is 5.10 Å². The Labute approximate surface area is 127 Å². The van der Waals surface area contributed by atoms with Crippen molar-refractivity contribution >= 4 is 29.0 Å². The lowest BCUT2D eigenvalue weighted by Gasteiger charge is -2.23. The monoisotopic (exact) mass is 310 g/mol. The van der Waals surface area contributed by atoms with E-state index in [2.05, 4.69) is 20.8 Å². The van der Waals surface area contributed by atoms with Gasteiger partial charge in [0.15, 0.2) is 0 Å². The van der Waals surface area contributed by atoms with Crippen molar-refractivity contribution in [1.29, 1.82) is 0 Å². The maximum atomic E-state index is 6.20. The normalized spacial score (nSPS) is 16.3. The summed E-state index contributed by atoms with van der Waals surface area (Å²) in [4.78, 5) is 0. The third kappa shape index (κ3) is 3.08. The third-order valence-electron chi connectivity index (χ3n) is 3.49. The van der Waals surface area contributed by atoms with Crippen molar-refractivity contribution in [2.75, 3.05) is 18.4 Å². The minimum absolute atomic E-state index is 0.474. The Morgan fingerprint density at radius 2 is 1.95 bits per heavy atom. The summed E-state index contributed by atoms with van der Waals surface area (Å²) in [5.74, 6) is 0.850. The van der Waals surface area contributed by atoms with Crippen LogP contribution in [0.3, 0.4) is 0 Å². The van der Waals surface area contributed by atoms with Crippen LogP contribution in [-0.4, -0.2) is 29.3 Å². The Hall–Kier alpha value is -1.23. The Kier molecular flexibility index (Phi) is 4.15. The number of nitrogens with one attached hydrogen (secondary N) is 3. The number of hydrogen-bond acceptors (Lipinski definition) is 3. The van der Waals surface area contributed by atoms with Gasteiger partial charge in [-0.25, -0.2) is 0 Å². The number of H-pyrrole nitrogens is 1. The second kappa shape index (κ2) is 6.04. The molecule has 2 aromatic rings. The first kappa shape index (κ1) is 13.7. The summed E-state index contributed by atoms with van der Waals surface area (Å²) in [5, 5.41) is 15.4. The van der Waals surface area contributed by atoms with Crippen molar-refractivity contribution in [3.63, 3.8) is 0 Å². The Morgan fingerprint density at radius 3 is 2.75 bits per heavy atom. The highest BCUT2D eigenvalue weighted by Crippen LogP contribution is 2.30. The van der Waals surface area contributed by atoms with E-state index in [-0.39, 0.29) is 0 Å². The van der Waals surface area contributed by atoms with E-state index in [1.54, 1.807) is 12.1 Å². The lowest BCUT2D eigenvalue weighted by Crippen LogP contribution is -2.35. The number of rotatable bonds is 3. The van der Waals surface area contributed by atoms with Gasteiger partial charge in [-0.2, -0.15) is 5.10 Å². The highest BCUT2D eigenvalue weighted by Gasteiger charge is 2.14. The zero-order valence-electron chi connectivity index (χ0n) is 10.9. The fourth-order valence-electron chi connectivity index (χ4n) is 2.41. The SMILES string of the molecule is Clc1ccc(Cl)c(-c2cc(NC3CCNCC3)n[nH]2)c1. The molecule has 1 aromatic carbocycles. The number of piperidine rings is 1. The topological polar surface area (TPSA) is 52.7 Å². The number of hydrogen-bond donors (Lipinski definition) is 3. The van der Waals surface area contributed by atoms with Gasteiger partial charge in [-0.1, -0.05) is 23.2 Å². The second-order valence-corrected chi connectivity index (χ2v) is 5.80. The predicted octanol–water partition coefficient (Wildman–Crippen LogP) is 3.55. The molecule has 6 heteroatoms.